The molecule has 1 heterocycles. The number of halogens is 2. The van der Waals surface area contributed by atoms with Gasteiger partial charge in [-0.05, 0) is 71.3 Å². The van der Waals surface area contributed by atoms with Crippen molar-refractivity contribution in [3.63, 3.8) is 0 Å². The van der Waals surface area contributed by atoms with Gasteiger partial charge in [-0.3, -0.25) is 4.72 Å². The minimum absolute atomic E-state index is 0.0722. The van der Waals surface area contributed by atoms with Gasteiger partial charge in [-0.15, -0.1) is 0 Å². The number of likely N-dealkylation sites (N-methyl/N-ethyl adjacent to an activating group) is 1. The zero-order valence-corrected chi connectivity index (χ0v) is 18.2. The fourth-order valence-corrected chi connectivity index (χ4v) is 4.12. The summed E-state index contributed by atoms with van der Waals surface area (Å²) in [5, 5.41) is 7.55. The van der Waals surface area contributed by atoms with Crippen LogP contribution in [-0.2, 0) is 10.0 Å². The predicted molar refractivity (Wildman–Crippen MR) is 111 cm³/mol. The zero-order valence-electron chi connectivity index (χ0n) is 14.4. The molecule has 0 amide bonds. The van der Waals surface area contributed by atoms with Crippen LogP contribution in [0.4, 0.5) is 5.69 Å². The lowest BCUT2D eigenvalue weighted by atomic mass is 10.3. The van der Waals surface area contributed by atoms with E-state index in [0.29, 0.717) is 18.0 Å². The molecule has 0 atom stereocenters. The molecule has 2 aromatic carbocycles. The molecule has 0 unspecified atom stereocenters. The smallest absolute Gasteiger partial charge is 0.264 e. The van der Waals surface area contributed by atoms with Crippen molar-refractivity contribution in [2.75, 3.05) is 32.0 Å². The summed E-state index contributed by atoms with van der Waals surface area (Å²) in [7, 11) is -0.0297. The van der Waals surface area contributed by atoms with Crippen molar-refractivity contribution in [2.45, 2.75) is 4.90 Å². The molecule has 0 aliphatic rings. The van der Waals surface area contributed by atoms with Crippen LogP contribution in [0.5, 0.6) is 5.75 Å². The maximum Gasteiger partial charge on any atom is 0.264 e. The summed E-state index contributed by atoms with van der Waals surface area (Å²) < 4.78 is 39.4. The number of rotatable bonds is 7. The molecule has 0 saturated heterocycles. The Bertz CT molecular complexity index is 1070. The first-order valence-electron chi connectivity index (χ1n) is 7.78. The number of nitrogens with one attached hydrogen (secondary N) is 1. The number of aromatic nitrogens is 2. The van der Waals surface area contributed by atoms with Gasteiger partial charge in [0.1, 0.15) is 17.3 Å². The monoisotopic (exact) mass is 522 g/mol. The topological polar surface area (TPSA) is 97.6 Å². The van der Waals surface area contributed by atoms with E-state index in [2.05, 4.69) is 42.3 Å². The van der Waals surface area contributed by atoms with Gasteiger partial charge in [-0.1, -0.05) is 11.6 Å². The van der Waals surface area contributed by atoms with Crippen LogP contribution in [0, 0.1) is 3.57 Å². The molecule has 144 valence electrons. The van der Waals surface area contributed by atoms with E-state index in [0.717, 1.165) is 10.1 Å². The lowest BCUT2D eigenvalue weighted by Gasteiger charge is -2.14. The van der Waals surface area contributed by atoms with Crippen LogP contribution < -0.4 is 9.46 Å². The van der Waals surface area contributed by atoms with Gasteiger partial charge in [-0.2, -0.15) is 0 Å². The Balaban J connectivity index is 1.87. The van der Waals surface area contributed by atoms with Gasteiger partial charge in [0.05, 0.1) is 14.3 Å². The number of hydrogen-bond donors (Lipinski definition) is 1. The number of benzene rings is 2. The van der Waals surface area contributed by atoms with Crippen LogP contribution in [0.3, 0.4) is 0 Å². The van der Waals surface area contributed by atoms with Crippen LogP contribution >= 0.6 is 34.2 Å². The summed E-state index contributed by atoms with van der Waals surface area (Å²) in [4.78, 5) is 1.92. The van der Waals surface area contributed by atoms with E-state index in [4.69, 9.17) is 16.3 Å². The van der Waals surface area contributed by atoms with Crippen molar-refractivity contribution >= 4 is 60.9 Å². The van der Waals surface area contributed by atoms with E-state index >= 15 is 0 Å². The lowest BCUT2D eigenvalue weighted by Crippen LogP contribution is -2.19. The molecule has 1 aromatic heterocycles. The highest BCUT2D eigenvalue weighted by molar-refractivity contribution is 14.1. The van der Waals surface area contributed by atoms with Gasteiger partial charge in [-0.25, -0.2) is 13.0 Å². The Morgan fingerprint density at radius 2 is 1.96 bits per heavy atom. The first kappa shape index (κ1) is 20.1. The van der Waals surface area contributed by atoms with Crippen LogP contribution in [-0.4, -0.2) is 50.9 Å². The fourth-order valence-electron chi connectivity index (χ4n) is 2.26. The third-order valence-corrected chi connectivity index (χ3v) is 6.21. The largest absolute Gasteiger partial charge is 0.491 e. The van der Waals surface area contributed by atoms with Gasteiger partial charge in [0.25, 0.3) is 10.0 Å². The molecule has 0 spiro atoms. The second kappa shape index (κ2) is 8.17. The van der Waals surface area contributed by atoms with Crippen LogP contribution in [0.25, 0.3) is 11.0 Å². The SMILES string of the molecule is CN(C)CCOc1cc(NS(=O)(=O)c2ccc(Cl)c3nonc23)ccc1I. The van der Waals surface area contributed by atoms with E-state index in [1.165, 1.54) is 12.1 Å². The number of anilines is 1. The third-order valence-electron chi connectivity index (χ3n) is 3.60. The summed E-state index contributed by atoms with van der Waals surface area (Å²) in [6, 6.07) is 7.87. The highest BCUT2D eigenvalue weighted by Gasteiger charge is 2.22. The van der Waals surface area contributed by atoms with Crippen molar-refractivity contribution in [3.8, 4) is 5.75 Å². The molecule has 27 heavy (non-hydrogen) atoms. The summed E-state index contributed by atoms with van der Waals surface area (Å²) in [5.41, 5.74) is 0.632. The standard InChI is InChI=1S/C16H16ClIN4O4S/c1-22(2)7-8-25-13-9-10(3-5-12(13)18)21-27(23,24)14-6-4-11(17)15-16(14)20-26-19-15/h3-6,9,21H,7-8H2,1-2H3. The van der Waals surface area contributed by atoms with E-state index in [-0.39, 0.29) is 21.0 Å². The Morgan fingerprint density at radius 3 is 2.70 bits per heavy atom. The number of hydrogen-bond acceptors (Lipinski definition) is 7. The lowest BCUT2D eigenvalue weighted by molar-refractivity contribution is 0.260. The third kappa shape index (κ3) is 4.62. The maximum absolute atomic E-state index is 12.8. The Kier molecular flexibility index (Phi) is 6.08. The minimum Gasteiger partial charge on any atom is -0.491 e. The first-order valence-corrected chi connectivity index (χ1v) is 10.7. The Morgan fingerprint density at radius 1 is 1.22 bits per heavy atom. The number of fused-ring (bicyclic) bond motifs is 1. The van der Waals surface area contributed by atoms with Crippen molar-refractivity contribution in [3.05, 3.63) is 38.9 Å². The second-order valence-corrected chi connectivity index (χ2v) is 9.13. The van der Waals surface area contributed by atoms with Gasteiger partial charge in [0.15, 0.2) is 11.0 Å². The molecule has 3 rings (SSSR count). The molecule has 0 saturated carbocycles. The normalized spacial score (nSPS) is 11.9. The number of nitrogens with zero attached hydrogens (tertiary/aromatic N) is 3. The molecule has 0 aliphatic carbocycles. The second-order valence-electron chi connectivity index (χ2n) is 5.91. The van der Waals surface area contributed by atoms with E-state index in [1.54, 1.807) is 18.2 Å². The van der Waals surface area contributed by atoms with Gasteiger partial charge < -0.3 is 9.64 Å². The first-order chi connectivity index (χ1) is 12.8. The number of sulfonamides is 1. The molecule has 3 aromatic rings. The molecular weight excluding hydrogens is 507 g/mol. The van der Waals surface area contributed by atoms with Crippen molar-refractivity contribution < 1.29 is 17.8 Å². The predicted octanol–water partition coefficient (Wildman–Crippen LogP) is 3.22. The van der Waals surface area contributed by atoms with Crippen molar-refractivity contribution in [1.29, 1.82) is 0 Å². The highest BCUT2D eigenvalue weighted by Crippen LogP contribution is 2.30. The quantitative estimate of drug-likeness (QED) is 0.476. The number of ether oxygens (including phenoxy) is 1. The molecule has 11 heteroatoms. The summed E-state index contributed by atoms with van der Waals surface area (Å²) >= 11 is 8.13. The Hall–Kier alpha value is -1.63. The maximum atomic E-state index is 12.8. The molecule has 0 bridgehead atoms. The van der Waals surface area contributed by atoms with Crippen LogP contribution in [0.2, 0.25) is 5.02 Å². The molecule has 0 aliphatic heterocycles. The van der Waals surface area contributed by atoms with E-state index in [9.17, 15) is 8.42 Å². The van der Waals surface area contributed by atoms with Gasteiger partial charge >= 0.3 is 0 Å². The summed E-state index contributed by atoms with van der Waals surface area (Å²) in [5.74, 6) is 0.599. The Labute approximate surface area is 175 Å². The summed E-state index contributed by atoms with van der Waals surface area (Å²) in [6.45, 7) is 1.23. The van der Waals surface area contributed by atoms with Crippen molar-refractivity contribution in [1.82, 2.24) is 15.2 Å². The minimum atomic E-state index is -3.93. The highest BCUT2D eigenvalue weighted by atomic mass is 127. The average Bonchev–Trinajstić information content (AvgIpc) is 3.07. The zero-order chi connectivity index (χ0) is 19.6. The van der Waals surface area contributed by atoms with Gasteiger partial charge in [0, 0.05) is 12.6 Å². The van der Waals surface area contributed by atoms with Crippen LogP contribution in [0.15, 0.2) is 39.9 Å². The fraction of sp³-hybridized carbons (Fsp3) is 0.250. The molecular formula is C16H16ClIN4O4S. The van der Waals surface area contributed by atoms with Gasteiger partial charge in [0.2, 0.25) is 0 Å². The van der Waals surface area contributed by atoms with E-state index < -0.39 is 10.0 Å². The molecule has 0 fully saturated rings. The molecule has 1 N–H and O–H groups in total. The summed E-state index contributed by atoms with van der Waals surface area (Å²) in [6.07, 6.45) is 0. The van der Waals surface area contributed by atoms with E-state index in [1.807, 2.05) is 19.0 Å². The molecule has 0 radical (unpaired) electrons. The van der Waals surface area contributed by atoms with Crippen LogP contribution in [0.1, 0.15) is 0 Å². The average molecular weight is 523 g/mol. The molecule has 8 nitrogen and oxygen atoms in total. The van der Waals surface area contributed by atoms with Crippen molar-refractivity contribution in [2.24, 2.45) is 0 Å².